The molecule has 5 aromatic rings. The van der Waals surface area contributed by atoms with Crippen LogP contribution in [-0.4, -0.2) is 35.8 Å². The molecule has 0 aliphatic rings. The van der Waals surface area contributed by atoms with Gasteiger partial charge in [0.15, 0.2) is 0 Å². The number of hydrogen-bond acceptors (Lipinski definition) is 7. The Bertz CT molecular complexity index is 1490. The van der Waals surface area contributed by atoms with Crippen LogP contribution in [0.4, 0.5) is 5.82 Å². The molecule has 0 radical (unpaired) electrons. The van der Waals surface area contributed by atoms with Crippen LogP contribution < -0.4 is 5.32 Å². The molecule has 0 aliphatic carbocycles. The highest BCUT2D eigenvalue weighted by Crippen LogP contribution is 2.28. The van der Waals surface area contributed by atoms with E-state index in [1.807, 2.05) is 42.8 Å². The number of rotatable bonds is 7. The van der Waals surface area contributed by atoms with Crippen molar-refractivity contribution in [3.8, 4) is 22.4 Å². The van der Waals surface area contributed by atoms with E-state index in [2.05, 4.69) is 50.5 Å². The van der Waals surface area contributed by atoms with Gasteiger partial charge >= 0.3 is 5.97 Å². The highest BCUT2D eigenvalue weighted by atomic mass is 32.1. The van der Waals surface area contributed by atoms with Crippen molar-refractivity contribution in [3.05, 3.63) is 77.8 Å². The number of carboxylic acid groups (broad SMARTS) is 1. The van der Waals surface area contributed by atoms with Gasteiger partial charge < -0.3 is 10.4 Å². The largest absolute Gasteiger partial charge is 0.480 e. The molecule has 1 unspecified atom stereocenters. The quantitative estimate of drug-likeness (QED) is 0.337. The smallest absolute Gasteiger partial charge is 0.325 e. The maximum Gasteiger partial charge on any atom is 0.325 e. The van der Waals surface area contributed by atoms with Crippen LogP contribution in [-0.2, 0) is 11.3 Å². The number of benzene rings is 2. The number of carbonyl (C=O) groups is 1. The summed E-state index contributed by atoms with van der Waals surface area (Å²) in [5.41, 5.74) is 7.64. The van der Waals surface area contributed by atoms with Crippen LogP contribution in [0, 0.1) is 6.92 Å². The molecule has 0 saturated carbocycles. The van der Waals surface area contributed by atoms with Crippen molar-refractivity contribution in [2.75, 3.05) is 5.32 Å². The SMILES string of the molecule is Cc1nc(NC(C)c2cccc(-c3cnn(CC(=O)O)c3)c2)cc(-c2ccc3ncsc3c2)n1. The molecule has 8 nitrogen and oxygen atoms in total. The van der Waals surface area contributed by atoms with Crippen LogP contribution in [0.2, 0.25) is 0 Å². The third-order valence-electron chi connectivity index (χ3n) is 5.48. The third-order valence-corrected chi connectivity index (χ3v) is 6.27. The Balaban J connectivity index is 1.38. The van der Waals surface area contributed by atoms with Crippen molar-refractivity contribution in [1.29, 1.82) is 0 Å². The van der Waals surface area contributed by atoms with Crippen LogP contribution in [0.25, 0.3) is 32.6 Å². The summed E-state index contributed by atoms with van der Waals surface area (Å²) < 4.78 is 2.54. The number of nitrogens with zero attached hydrogens (tertiary/aromatic N) is 5. The van der Waals surface area contributed by atoms with Gasteiger partial charge in [0.2, 0.25) is 0 Å². The molecule has 0 saturated heterocycles. The number of nitrogens with one attached hydrogen (secondary N) is 1. The first kappa shape index (κ1) is 21.7. The maximum atomic E-state index is 10.9. The van der Waals surface area contributed by atoms with Gasteiger partial charge in [0, 0.05) is 29.4 Å². The normalized spacial score (nSPS) is 12.1. The summed E-state index contributed by atoms with van der Waals surface area (Å²) in [5, 5.41) is 16.6. The lowest BCUT2D eigenvalue weighted by Crippen LogP contribution is -2.09. The van der Waals surface area contributed by atoms with Crippen molar-refractivity contribution in [3.63, 3.8) is 0 Å². The predicted octanol–water partition coefficient (Wildman–Crippen LogP) is 5.18. The molecular weight excluding hydrogens is 448 g/mol. The number of fused-ring (bicyclic) bond motifs is 1. The fourth-order valence-electron chi connectivity index (χ4n) is 3.83. The number of hydrogen-bond donors (Lipinski definition) is 2. The van der Waals surface area contributed by atoms with Crippen molar-refractivity contribution >= 4 is 33.3 Å². The number of aliphatic carboxylic acids is 1. The van der Waals surface area contributed by atoms with E-state index in [1.54, 1.807) is 23.7 Å². The van der Waals surface area contributed by atoms with Gasteiger partial charge in [-0.15, -0.1) is 11.3 Å². The van der Waals surface area contributed by atoms with E-state index >= 15 is 0 Å². The second-order valence-electron chi connectivity index (χ2n) is 8.03. The highest BCUT2D eigenvalue weighted by molar-refractivity contribution is 7.16. The predicted molar refractivity (Wildman–Crippen MR) is 133 cm³/mol. The molecule has 0 fully saturated rings. The van der Waals surface area contributed by atoms with E-state index in [0.29, 0.717) is 5.82 Å². The van der Waals surface area contributed by atoms with Gasteiger partial charge in [0.25, 0.3) is 0 Å². The first-order valence-corrected chi connectivity index (χ1v) is 11.6. The molecular formula is C25H22N6O2S. The Morgan fingerprint density at radius 2 is 2.00 bits per heavy atom. The van der Waals surface area contributed by atoms with Crippen LogP contribution in [0.15, 0.2) is 66.4 Å². The second-order valence-corrected chi connectivity index (χ2v) is 8.92. The fourth-order valence-corrected chi connectivity index (χ4v) is 4.55. The number of anilines is 1. The van der Waals surface area contributed by atoms with Gasteiger partial charge in [-0.25, -0.2) is 15.0 Å². The number of aromatic nitrogens is 5. The lowest BCUT2D eigenvalue weighted by molar-refractivity contribution is -0.137. The Labute approximate surface area is 200 Å². The average Bonchev–Trinajstić information content (AvgIpc) is 3.47. The van der Waals surface area contributed by atoms with Crippen molar-refractivity contribution in [1.82, 2.24) is 24.7 Å². The average molecular weight is 471 g/mol. The van der Waals surface area contributed by atoms with Gasteiger partial charge in [0.05, 0.1) is 27.6 Å². The van der Waals surface area contributed by atoms with Crippen LogP contribution in [0.1, 0.15) is 24.4 Å². The van der Waals surface area contributed by atoms with E-state index in [1.165, 1.54) is 4.68 Å². The number of thiazole rings is 1. The molecule has 1 atom stereocenters. The molecule has 3 heterocycles. The summed E-state index contributed by atoms with van der Waals surface area (Å²) in [6.45, 7) is 3.80. The van der Waals surface area contributed by atoms with Gasteiger partial charge in [-0.2, -0.15) is 5.10 Å². The first-order chi connectivity index (χ1) is 16.4. The van der Waals surface area contributed by atoms with E-state index in [4.69, 9.17) is 5.11 Å². The molecule has 0 bridgehead atoms. The van der Waals surface area contributed by atoms with Crippen LogP contribution in [0.3, 0.4) is 0 Å². The van der Waals surface area contributed by atoms with E-state index < -0.39 is 5.97 Å². The monoisotopic (exact) mass is 470 g/mol. The van der Waals surface area contributed by atoms with Gasteiger partial charge in [0.1, 0.15) is 18.2 Å². The van der Waals surface area contributed by atoms with E-state index in [-0.39, 0.29) is 12.6 Å². The Hall–Kier alpha value is -4.11. The van der Waals surface area contributed by atoms with Crippen molar-refractivity contribution in [2.24, 2.45) is 0 Å². The maximum absolute atomic E-state index is 10.9. The number of aryl methyl sites for hydroxylation is 1. The number of carboxylic acids is 1. The molecule has 2 aromatic carbocycles. The molecule has 9 heteroatoms. The van der Waals surface area contributed by atoms with E-state index in [9.17, 15) is 4.79 Å². The zero-order valence-electron chi connectivity index (χ0n) is 18.6. The van der Waals surface area contributed by atoms with Crippen molar-refractivity contribution in [2.45, 2.75) is 26.4 Å². The zero-order valence-corrected chi connectivity index (χ0v) is 19.5. The van der Waals surface area contributed by atoms with Crippen LogP contribution >= 0.6 is 11.3 Å². The minimum absolute atomic E-state index is 0.0138. The summed E-state index contributed by atoms with van der Waals surface area (Å²) >= 11 is 1.61. The lowest BCUT2D eigenvalue weighted by Gasteiger charge is -2.17. The minimum Gasteiger partial charge on any atom is -0.480 e. The molecule has 2 N–H and O–H groups in total. The summed E-state index contributed by atoms with van der Waals surface area (Å²) in [4.78, 5) is 24.5. The molecule has 0 aliphatic heterocycles. The highest BCUT2D eigenvalue weighted by Gasteiger charge is 2.12. The topological polar surface area (TPSA) is 106 Å². The lowest BCUT2D eigenvalue weighted by atomic mass is 10.0. The summed E-state index contributed by atoms with van der Waals surface area (Å²) in [6.07, 6.45) is 3.42. The summed E-state index contributed by atoms with van der Waals surface area (Å²) in [7, 11) is 0. The van der Waals surface area contributed by atoms with Gasteiger partial charge in [-0.1, -0.05) is 24.3 Å². The fraction of sp³-hybridized carbons (Fsp3) is 0.160. The van der Waals surface area contributed by atoms with Crippen LogP contribution in [0.5, 0.6) is 0 Å². The van der Waals surface area contributed by atoms with Gasteiger partial charge in [-0.05, 0) is 43.2 Å². The summed E-state index contributed by atoms with van der Waals surface area (Å²) in [5.74, 6) is 0.517. The Kier molecular flexibility index (Phi) is 5.77. The summed E-state index contributed by atoms with van der Waals surface area (Å²) in [6, 6.07) is 16.2. The van der Waals surface area contributed by atoms with Crippen molar-refractivity contribution < 1.29 is 9.90 Å². The minimum atomic E-state index is -0.923. The van der Waals surface area contributed by atoms with E-state index in [0.717, 1.165) is 44.0 Å². The Morgan fingerprint density at radius 1 is 1.12 bits per heavy atom. The third kappa shape index (κ3) is 4.65. The second kappa shape index (κ2) is 9.03. The molecule has 170 valence electrons. The molecule has 34 heavy (non-hydrogen) atoms. The Morgan fingerprint density at radius 3 is 2.85 bits per heavy atom. The van der Waals surface area contributed by atoms with Gasteiger partial charge in [-0.3, -0.25) is 9.48 Å². The first-order valence-electron chi connectivity index (χ1n) is 10.7. The standard InChI is InChI=1S/C25H22N6O2S/c1-15(17-4-3-5-18(8-17)20-11-27-31(12-20)13-25(32)33)28-24-10-22(29-16(2)30-24)19-6-7-21-23(9-19)34-14-26-21/h3-12,14-15H,13H2,1-2H3,(H,32,33)(H,28,29,30). The molecule has 0 spiro atoms. The molecule has 3 aromatic heterocycles. The zero-order chi connectivity index (χ0) is 23.7. The molecule has 0 amide bonds. The molecule has 5 rings (SSSR count).